The van der Waals surface area contributed by atoms with Gasteiger partial charge in [0.25, 0.3) is 0 Å². The maximum atomic E-state index is 14.6. The predicted molar refractivity (Wildman–Crippen MR) is 77.0 cm³/mol. The number of nitroso groups, excluding NO2 is 1. The molecule has 0 aromatic carbocycles. The molecule has 1 aliphatic heterocycles. The molecule has 126 valence electrons. The summed E-state index contributed by atoms with van der Waals surface area (Å²) in [5, 5.41) is 2.77. The molecule has 7 nitrogen and oxygen atoms in total. The molecule has 0 aliphatic carbocycles. The molecule has 0 aromatic rings. The van der Waals surface area contributed by atoms with Crippen molar-refractivity contribution in [1.29, 1.82) is 0 Å². The van der Waals surface area contributed by atoms with E-state index in [9.17, 15) is 18.9 Å². The number of rotatable bonds is 4. The highest BCUT2D eigenvalue weighted by molar-refractivity contribution is 5.71. The van der Waals surface area contributed by atoms with Gasteiger partial charge in [-0.3, -0.25) is 4.79 Å². The number of halogens is 1. The number of carbonyl (C=O) groups excluding carboxylic acids is 2. The summed E-state index contributed by atoms with van der Waals surface area (Å²) in [5.74, 6) is -0.600. The van der Waals surface area contributed by atoms with Gasteiger partial charge in [-0.25, -0.2) is 9.18 Å². The Hall–Kier alpha value is -1.73. The molecular weight excluding hydrogens is 295 g/mol. The first-order valence-corrected chi connectivity index (χ1v) is 7.11. The second-order valence-corrected chi connectivity index (χ2v) is 6.55. The maximum Gasteiger partial charge on any atom is 0.410 e. The van der Waals surface area contributed by atoms with Crippen molar-refractivity contribution in [2.24, 2.45) is 10.6 Å². The second-order valence-electron chi connectivity index (χ2n) is 6.55. The van der Waals surface area contributed by atoms with Gasteiger partial charge in [0.15, 0.2) is 0 Å². The number of methoxy groups -OCH3 is 1. The molecule has 1 fully saturated rings. The molecule has 1 saturated heterocycles. The van der Waals surface area contributed by atoms with Crippen LogP contribution in [0, 0.1) is 10.3 Å². The van der Waals surface area contributed by atoms with Crippen LogP contribution in [0.1, 0.15) is 33.6 Å². The topological polar surface area (TPSA) is 85.3 Å². The van der Waals surface area contributed by atoms with Gasteiger partial charge in [-0.05, 0) is 27.2 Å². The molecule has 1 aliphatic rings. The molecule has 2 atom stereocenters. The molecule has 0 N–H and O–H groups in total. The van der Waals surface area contributed by atoms with Crippen LogP contribution in [0.4, 0.5) is 9.18 Å². The van der Waals surface area contributed by atoms with Gasteiger partial charge in [0.2, 0.25) is 0 Å². The van der Waals surface area contributed by atoms with Crippen molar-refractivity contribution in [2.45, 2.75) is 45.4 Å². The van der Waals surface area contributed by atoms with Crippen molar-refractivity contribution in [3.63, 3.8) is 0 Å². The third-order valence-corrected chi connectivity index (χ3v) is 3.68. The van der Waals surface area contributed by atoms with Gasteiger partial charge in [-0.1, -0.05) is 5.18 Å². The zero-order valence-electron chi connectivity index (χ0n) is 13.4. The van der Waals surface area contributed by atoms with Gasteiger partial charge < -0.3 is 14.4 Å². The van der Waals surface area contributed by atoms with Crippen LogP contribution in [-0.4, -0.2) is 55.5 Å². The molecule has 0 radical (unpaired) electrons. The van der Waals surface area contributed by atoms with Gasteiger partial charge in [0, 0.05) is 12.0 Å². The molecule has 0 spiro atoms. The Morgan fingerprint density at radius 1 is 1.41 bits per heavy atom. The number of esters is 1. The number of amides is 1. The first-order valence-electron chi connectivity index (χ1n) is 7.11. The maximum absolute atomic E-state index is 14.6. The van der Waals surface area contributed by atoms with E-state index in [-0.39, 0.29) is 32.5 Å². The number of likely N-dealkylation sites (tertiary alicyclic amines) is 1. The predicted octanol–water partition coefficient (Wildman–Crippen LogP) is 2.28. The van der Waals surface area contributed by atoms with E-state index in [0.717, 1.165) is 0 Å². The van der Waals surface area contributed by atoms with E-state index < -0.39 is 29.3 Å². The summed E-state index contributed by atoms with van der Waals surface area (Å²) in [5.41, 5.74) is -1.89. The average Bonchev–Trinajstić information content (AvgIpc) is 2.40. The minimum Gasteiger partial charge on any atom is -0.469 e. The van der Waals surface area contributed by atoms with Crippen molar-refractivity contribution in [2.75, 3.05) is 26.7 Å². The molecule has 0 saturated carbocycles. The largest absolute Gasteiger partial charge is 0.469 e. The highest BCUT2D eigenvalue weighted by atomic mass is 19.1. The van der Waals surface area contributed by atoms with Crippen molar-refractivity contribution < 1.29 is 23.5 Å². The fourth-order valence-corrected chi connectivity index (χ4v) is 2.41. The number of nitrogens with zero attached hydrogens (tertiary/aromatic N) is 2. The first-order chi connectivity index (χ1) is 10.1. The number of alkyl halides is 1. The van der Waals surface area contributed by atoms with Crippen LogP contribution >= 0.6 is 0 Å². The normalized spacial score (nSPS) is 25.5. The van der Waals surface area contributed by atoms with E-state index in [2.05, 4.69) is 9.91 Å². The summed E-state index contributed by atoms with van der Waals surface area (Å²) < 4.78 is 24.3. The summed E-state index contributed by atoms with van der Waals surface area (Å²) in [6, 6.07) is 0. The first kappa shape index (κ1) is 18.3. The van der Waals surface area contributed by atoms with E-state index in [1.807, 2.05) is 0 Å². The second kappa shape index (κ2) is 7.02. The number of ether oxygens (including phenoxy) is 2. The van der Waals surface area contributed by atoms with E-state index in [1.165, 1.54) is 12.0 Å². The van der Waals surface area contributed by atoms with Crippen LogP contribution in [-0.2, 0) is 14.3 Å². The van der Waals surface area contributed by atoms with Gasteiger partial charge in [0.1, 0.15) is 11.8 Å². The highest BCUT2D eigenvalue weighted by Gasteiger charge is 2.47. The third-order valence-electron chi connectivity index (χ3n) is 3.68. The van der Waals surface area contributed by atoms with Crippen molar-refractivity contribution in [1.82, 2.24) is 4.90 Å². The standard InChI is InChI=1S/C14H23FN2O5/c1-13(2,3)22-12(19)17-6-5-14(9-16-20,10(15)8-17)7-11(18)21-4/h10H,5-9H2,1-4H3. The molecule has 8 heteroatoms. The van der Waals surface area contributed by atoms with E-state index in [0.29, 0.717) is 0 Å². The minimum absolute atomic E-state index is 0.147. The number of hydrogen-bond donors (Lipinski definition) is 0. The Bertz CT molecular complexity index is 437. The number of piperidine rings is 1. The van der Waals surface area contributed by atoms with Gasteiger partial charge in [-0.15, -0.1) is 0 Å². The Morgan fingerprint density at radius 3 is 2.50 bits per heavy atom. The Labute approximate surface area is 129 Å². The summed E-state index contributed by atoms with van der Waals surface area (Å²) in [6.45, 7) is 4.80. The molecular formula is C14H23FN2O5. The molecule has 0 aromatic heterocycles. The molecule has 0 bridgehead atoms. The number of hydrogen-bond acceptors (Lipinski definition) is 6. The van der Waals surface area contributed by atoms with Crippen LogP contribution in [0.15, 0.2) is 5.18 Å². The van der Waals surface area contributed by atoms with E-state index >= 15 is 0 Å². The molecule has 1 rings (SSSR count). The van der Waals surface area contributed by atoms with Crippen molar-refractivity contribution in [3.8, 4) is 0 Å². The molecule has 1 heterocycles. The smallest absolute Gasteiger partial charge is 0.410 e. The van der Waals surface area contributed by atoms with Gasteiger partial charge in [-0.2, -0.15) is 4.91 Å². The lowest BCUT2D eigenvalue weighted by molar-refractivity contribution is -0.145. The third kappa shape index (κ3) is 4.64. The lowest BCUT2D eigenvalue weighted by atomic mass is 9.74. The Morgan fingerprint density at radius 2 is 2.05 bits per heavy atom. The van der Waals surface area contributed by atoms with Crippen LogP contribution in [0.2, 0.25) is 0 Å². The number of carbonyl (C=O) groups is 2. The van der Waals surface area contributed by atoms with Crippen molar-refractivity contribution in [3.05, 3.63) is 4.91 Å². The summed E-state index contributed by atoms with van der Waals surface area (Å²) in [7, 11) is 1.20. The minimum atomic E-state index is -1.55. The van der Waals surface area contributed by atoms with E-state index in [1.54, 1.807) is 20.8 Å². The SMILES string of the molecule is COC(=O)CC1(CN=O)CCN(C(=O)OC(C)(C)C)CC1F. The lowest BCUT2D eigenvalue weighted by Gasteiger charge is -2.42. The van der Waals surface area contributed by atoms with Crippen molar-refractivity contribution >= 4 is 12.1 Å². The van der Waals surface area contributed by atoms with E-state index in [4.69, 9.17) is 4.74 Å². The van der Waals surface area contributed by atoms with Gasteiger partial charge >= 0.3 is 12.1 Å². The monoisotopic (exact) mass is 318 g/mol. The summed E-state index contributed by atoms with van der Waals surface area (Å²) >= 11 is 0. The average molecular weight is 318 g/mol. The Kier molecular flexibility index (Phi) is 5.85. The van der Waals surface area contributed by atoms with Crippen LogP contribution < -0.4 is 0 Å². The molecule has 1 amide bonds. The van der Waals surface area contributed by atoms with Crippen LogP contribution in [0.3, 0.4) is 0 Å². The fraction of sp³-hybridized carbons (Fsp3) is 0.857. The fourth-order valence-electron chi connectivity index (χ4n) is 2.41. The highest BCUT2D eigenvalue weighted by Crippen LogP contribution is 2.38. The molecule has 22 heavy (non-hydrogen) atoms. The quantitative estimate of drug-likeness (QED) is 0.586. The zero-order chi connectivity index (χ0) is 17.0. The molecule has 2 unspecified atom stereocenters. The van der Waals surface area contributed by atoms with Crippen LogP contribution in [0.25, 0.3) is 0 Å². The summed E-state index contributed by atoms with van der Waals surface area (Å²) in [4.78, 5) is 35.3. The zero-order valence-corrected chi connectivity index (χ0v) is 13.4. The lowest BCUT2D eigenvalue weighted by Crippen LogP contribution is -2.53. The van der Waals surface area contributed by atoms with Crippen LogP contribution in [0.5, 0.6) is 0 Å². The Balaban J connectivity index is 2.79. The summed E-state index contributed by atoms with van der Waals surface area (Å²) in [6.07, 6.45) is -2.25. The van der Waals surface area contributed by atoms with Gasteiger partial charge in [0.05, 0.1) is 26.6 Å².